The van der Waals surface area contributed by atoms with Crippen LogP contribution in [-0.4, -0.2) is 12.4 Å². The Hall–Kier alpha value is 0.280. The van der Waals surface area contributed by atoms with Crippen molar-refractivity contribution in [1.29, 1.82) is 0 Å². The number of alkyl halides is 1. The second kappa shape index (κ2) is 10.3. The van der Waals surface area contributed by atoms with Crippen molar-refractivity contribution in [2.24, 2.45) is 0 Å². The van der Waals surface area contributed by atoms with E-state index >= 15 is 0 Å². The fraction of sp³-hybridized carbons (Fsp3) is 1.00. The van der Waals surface area contributed by atoms with Crippen molar-refractivity contribution in [3.05, 3.63) is 0 Å². The molecule has 0 aromatic rings. The topological polar surface area (TPSA) is 0 Å². The van der Waals surface area contributed by atoms with Crippen molar-refractivity contribution in [1.82, 2.24) is 0 Å². The number of unbranched alkanes of at least 4 members (excludes halogenated alkanes) is 6. The van der Waals surface area contributed by atoms with Gasteiger partial charge in [0.05, 0.1) is 6.67 Å². The molecule has 0 aliphatic rings. The van der Waals surface area contributed by atoms with E-state index in [2.05, 4.69) is 12.6 Å². The molecule has 0 saturated heterocycles. The molecule has 0 spiro atoms. The molecular formula is C9H19FS. The van der Waals surface area contributed by atoms with Crippen molar-refractivity contribution in [3.8, 4) is 0 Å². The summed E-state index contributed by atoms with van der Waals surface area (Å²) >= 11 is 4.13. The molecule has 0 N–H and O–H groups in total. The zero-order valence-corrected chi connectivity index (χ0v) is 8.08. The SMILES string of the molecule is FCCCCCCCCCS. The van der Waals surface area contributed by atoms with Gasteiger partial charge in [-0.3, -0.25) is 4.39 Å². The van der Waals surface area contributed by atoms with Gasteiger partial charge >= 0.3 is 0 Å². The highest BCUT2D eigenvalue weighted by Gasteiger charge is 1.89. The lowest BCUT2D eigenvalue weighted by atomic mass is 10.1. The van der Waals surface area contributed by atoms with Gasteiger partial charge < -0.3 is 0 Å². The Morgan fingerprint density at radius 3 is 1.64 bits per heavy atom. The molecule has 0 rings (SSSR count). The predicted molar refractivity (Wildman–Crippen MR) is 52.1 cm³/mol. The van der Waals surface area contributed by atoms with E-state index in [9.17, 15) is 4.39 Å². The van der Waals surface area contributed by atoms with Crippen LogP contribution in [0.15, 0.2) is 0 Å². The van der Waals surface area contributed by atoms with Crippen LogP contribution < -0.4 is 0 Å². The van der Waals surface area contributed by atoms with E-state index in [1.165, 1.54) is 32.1 Å². The first-order valence-electron chi connectivity index (χ1n) is 4.58. The highest BCUT2D eigenvalue weighted by Crippen LogP contribution is 2.07. The van der Waals surface area contributed by atoms with Crippen LogP contribution in [0.25, 0.3) is 0 Å². The van der Waals surface area contributed by atoms with Gasteiger partial charge in [-0.2, -0.15) is 12.6 Å². The van der Waals surface area contributed by atoms with E-state index < -0.39 is 0 Å². The maximum atomic E-state index is 11.6. The Labute approximate surface area is 75.0 Å². The minimum atomic E-state index is -0.142. The molecule has 0 aromatic carbocycles. The van der Waals surface area contributed by atoms with Gasteiger partial charge in [0.15, 0.2) is 0 Å². The molecule has 0 saturated carbocycles. The number of thiol groups is 1. The van der Waals surface area contributed by atoms with Gasteiger partial charge in [0, 0.05) is 0 Å². The third kappa shape index (κ3) is 10.3. The average molecular weight is 178 g/mol. The Morgan fingerprint density at radius 2 is 1.18 bits per heavy atom. The number of hydrogen-bond acceptors (Lipinski definition) is 1. The van der Waals surface area contributed by atoms with E-state index in [1.807, 2.05) is 0 Å². The molecule has 2 heteroatoms. The molecular weight excluding hydrogens is 159 g/mol. The largest absolute Gasteiger partial charge is 0.251 e. The molecule has 0 atom stereocenters. The first-order chi connectivity index (χ1) is 5.41. The van der Waals surface area contributed by atoms with E-state index in [4.69, 9.17) is 0 Å². The number of hydrogen-bond donors (Lipinski definition) is 1. The van der Waals surface area contributed by atoms with Crippen LogP contribution in [0.3, 0.4) is 0 Å². The van der Waals surface area contributed by atoms with Crippen molar-refractivity contribution in [2.45, 2.75) is 44.9 Å². The Morgan fingerprint density at radius 1 is 0.727 bits per heavy atom. The van der Waals surface area contributed by atoms with Crippen molar-refractivity contribution in [2.75, 3.05) is 12.4 Å². The third-order valence-corrected chi connectivity index (χ3v) is 2.11. The summed E-state index contributed by atoms with van der Waals surface area (Å²) in [4.78, 5) is 0. The zero-order chi connectivity index (χ0) is 8.36. The Balaban J connectivity index is 2.69. The van der Waals surface area contributed by atoms with Gasteiger partial charge in [-0.25, -0.2) is 0 Å². The van der Waals surface area contributed by atoms with Gasteiger partial charge in [-0.05, 0) is 18.6 Å². The summed E-state index contributed by atoms with van der Waals surface area (Å²) < 4.78 is 11.6. The van der Waals surface area contributed by atoms with Crippen molar-refractivity contribution < 1.29 is 4.39 Å². The molecule has 0 fully saturated rings. The van der Waals surface area contributed by atoms with Crippen LogP contribution in [0.5, 0.6) is 0 Å². The Bertz CT molecular complexity index is 58.6. The zero-order valence-electron chi connectivity index (χ0n) is 7.19. The van der Waals surface area contributed by atoms with Crippen molar-refractivity contribution in [3.63, 3.8) is 0 Å². The Kier molecular flexibility index (Phi) is 10.5. The molecule has 11 heavy (non-hydrogen) atoms. The highest BCUT2D eigenvalue weighted by molar-refractivity contribution is 7.80. The fourth-order valence-electron chi connectivity index (χ4n) is 1.09. The summed E-state index contributed by atoms with van der Waals surface area (Å²) in [6.07, 6.45) is 8.12. The fourth-order valence-corrected chi connectivity index (χ4v) is 1.31. The van der Waals surface area contributed by atoms with Gasteiger partial charge in [0.25, 0.3) is 0 Å². The number of halogens is 1. The molecule has 0 bridgehead atoms. The van der Waals surface area contributed by atoms with Gasteiger partial charge in [0.2, 0.25) is 0 Å². The monoisotopic (exact) mass is 178 g/mol. The molecule has 0 radical (unpaired) electrons. The molecule has 0 unspecified atom stereocenters. The van der Waals surface area contributed by atoms with E-state index in [0.717, 1.165) is 18.6 Å². The minimum Gasteiger partial charge on any atom is -0.251 e. The van der Waals surface area contributed by atoms with Crippen LogP contribution >= 0.6 is 12.6 Å². The van der Waals surface area contributed by atoms with Crippen LogP contribution in [-0.2, 0) is 0 Å². The summed E-state index contributed by atoms with van der Waals surface area (Å²) in [5.41, 5.74) is 0. The molecule has 0 aliphatic heterocycles. The first-order valence-corrected chi connectivity index (χ1v) is 5.22. The van der Waals surface area contributed by atoms with Crippen molar-refractivity contribution >= 4 is 12.6 Å². The second-order valence-corrected chi connectivity index (χ2v) is 3.33. The summed E-state index contributed by atoms with van der Waals surface area (Å²) in [6, 6.07) is 0. The standard InChI is InChI=1S/C9H19FS/c10-8-6-4-2-1-3-5-7-9-11/h11H,1-9H2. The molecule has 0 amide bonds. The maximum absolute atomic E-state index is 11.6. The lowest BCUT2D eigenvalue weighted by Crippen LogP contribution is -1.82. The van der Waals surface area contributed by atoms with Crippen LogP contribution in [0.1, 0.15) is 44.9 Å². The molecule has 0 aliphatic carbocycles. The van der Waals surface area contributed by atoms with Crippen LogP contribution in [0.4, 0.5) is 4.39 Å². The molecule has 68 valence electrons. The van der Waals surface area contributed by atoms with Crippen LogP contribution in [0, 0.1) is 0 Å². The molecule has 0 nitrogen and oxygen atoms in total. The predicted octanol–water partition coefficient (Wildman–Crippen LogP) is 3.62. The molecule has 0 heterocycles. The van der Waals surface area contributed by atoms with Crippen LogP contribution in [0.2, 0.25) is 0 Å². The van der Waals surface area contributed by atoms with Gasteiger partial charge in [0.1, 0.15) is 0 Å². The summed E-state index contributed by atoms with van der Waals surface area (Å²) in [5, 5.41) is 0. The average Bonchev–Trinajstić information content (AvgIpc) is 2.03. The number of rotatable bonds is 8. The smallest absolute Gasteiger partial charge is 0.0894 e. The first kappa shape index (κ1) is 11.3. The van der Waals surface area contributed by atoms with E-state index in [1.54, 1.807) is 0 Å². The molecule has 0 aromatic heterocycles. The summed E-state index contributed by atoms with van der Waals surface area (Å²) in [6.45, 7) is -0.142. The summed E-state index contributed by atoms with van der Waals surface area (Å²) in [7, 11) is 0. The second-order valence-electron chi connectivity index (χ2n) is 2.89. The quantitative estimate of drug-likeness (QED) is 0.426. The van der Waals surface area contributed by atoms with E-state index in [0.29, 0.717) is 0 Å². The summed E-state index contributed by atoms with van der Waals surface area (Å²) in [5.74, 6) is 1.00. The maximum Gasteiger partial charge on any atom is 0.0894 e. The normalized spacial score (nSPS) is 10.4. The van der Waals surface area contributed by atoms with Gasteiger partial charge in [-0.1, -0.05) is 32.1 Å². The minimum absolute atomic E-state index is 0.142. The lowest BCUT2D eigenvalue weighted by molar-refractivity contribution is 0.450. The van der Waals surface area contributed by atoms with Gasteiger partial charge in [-0.15, -0.1) is 0 Å². The highest BCUT2D eigenvalue weighted by atomic mass is 32.1. The van der Waals surface area contributed by atoms with E-state index in [-0.39, 0.29) is 6.67 Å². The third-order valence-electron chi connectivity index (χ3n) is 1.79. The lowest BCUT2D eigenvalue weighted by Gasteiger charge is -1.98.